The Hall–Kier alpha value is -1.89. The molecule has 1 heterocycles. The Morgan fingerprint density at radius 1 is 1.41 bits per heavy atom. The van der Waals surface area contributed by atoms with Crippen LogP contribution in [0, 0.1) is 0 Å². The summed E-state index contributed by atoms with van der Waals surface area (Å²) in [5.74, 6) is 0.283. The normalized spacial score (nSPS) is 23.8. The lowest BCUT2D eigenvalue weighted by Gasteiger charge is -2.39. The summed E-state index contributed by atoms with van der Waals surface area (Å²) in [4.78, 5) is 14.0. The molecule has 2 unspecified atom stereocenters. The van der Waals surface area contributed by atoms with Gasteiger partial charge in [-0.25, -0.2) is 4.79 Å². The second-order valence-corrected chi connectivity index (χ2v) is 7.91. The minimum Gasteiger partial charge on any atom is -0.443 e. The smallest absolute Gasteiger partial charge is 0.414 e. The van der Waals surface area contributed by atoms with Crippen molar-refractivity contribution in [2.24, 2.45) is 0 Å². The van der Waals surface area contributed by atoms with E-state index in [0.717, 1.165) is 0 Å². The number of ether oxygens (including phenoxy) is 3. The van der Waals surface area contributed by atoms with Crippen LogP contribution in [0.4, 0.5) is 13.6 Å². The summed E-state index contributed by atoms with van der Waals surface area (Å²) in [5.41, 5.74) is 0.685. The van der Waals surface area contributed by atoms with E-state index in [0.29, 0.717) is 37.0 Å². The Morgan fingerprint density at radius 3 is 2.70 bits per heavy atom. The van der Waals surface area contributed by atoms with Crippen molar-refractivity contribution in [3.63, 3.8) is 0 Å². The van der Waals surface area contributed by atoms with Crippen molar-refractivity contribution >= 4 is 6.09 Å². The Labute approximate surface area is 159 Å². The van der Waals surface area contributed by atoms with Crippen molar-refractivity contribution in [2.45, 2.75) is 77.7 Å². The van der Waals surface area contributed by atoms with Gasteiger partial charge in [-0.15, -0.1) is 0 Å². The zero-order valence-corrected chi connectivity index (χ0v) is 16.5. The molecule has 152 valence electrons. The van der Waals surface area contributed by atoms with Gasteiger partial charge in [0.2, 0.25) is 0 Å². The third kappa shape index (κ3) is 6.34. The molecule has 1 aliphatic heterocycles. The van der Waals surface area contributed by atoms with E-state index in [9.17, 15) is 13.6 Å². The molecule has 2 rings (SSSR count). The predicted molar refractivity (Wildman–Crippen MR) is 98.1 cm³/mol. The van der Waals surface area contributed by atoms with E-state index in [1.54, 1.807) is 11.0 Å². The summed E-state index contributed by atoms with van der Waals surface area (Å²) < 4.78 is 41.1. The molecule has 2 aliphatic rings. The summed E-state index contributed by atoms with van der Waals surface area (Å²) in [5, 5.41) is 0. The van der Waals surface area contributed by atoms with Gasteiger partial charge in [0.15, 0.2) is 0 Å². The number of carbonyl (C=O) groups is 1. The topological polar surface area (TPSA) is 48.0 Å². The number of alkyl halides is 2. The van der Waals surface area contributed by atoms with Crippen LogP contribution in [0.3, 0.4) is 0 Å². The van der Waals surface area contributed by atoms with Crippen LogP contribution in [0.25, 0.3) is 0 Å². The molecule has 0 spiro atoms. The predicted octanol–water partition coefficient (Wildman–Crippen LogP) is 5.15. The third-order valence-corrected chi connectivity index (χ3v) is 4.36. The Morgan fingerprint density at radius 2 is 2.11 bits per heavy atom. The summed E-state index contributed by atoms with van der Waals surface area (Å²) in [6.45, 7) is 8.71. The van der Waals surface area contributed by atoms with E-state index >= 15 is 0 Å². The lowest BCUT2D eigenvalue weighted by molar-refractivity contribution is -0.100. The second-order valence-electron chi connectivity index (χ2n) is 7.91. The molecule has 0 bridgehead atoms. The molecule has 0 N–H and O–H groups in total. The van der Waals surface area contributed by atoms with Crippen LogP contribution in [0.5, 0.6) is 0 Å². The fourth-order valence-electron chi connectivity index (χ4n) is 3.26. The van der Waals surface area contributed by atoms with Crippen molar-refractivity contribution in [1.82, 2.24) is 4.90 Å². The highest BCUT2D eigenvalue weighted by atomic mass is 19.3. The molecular weight excluding hydrogens is 356 g/mol. The average molecular weight is 385 g/mol. The first-order valence-electron chi connectivity index (χ1n) is 9.21. The van der Waals surface area contributed by atoms with Crippen LogP contribution < -0.4 is 0 Å². The number of hydrogen-bond donors (Lipinski definition) is 0. The van der Waals surface area contributed by atoms with Crippen LogP contribution in [0.15, 0.2) is 35.8 Å². The molecule has 0 aromatic carbocycles. The number of halogens is 2. The first-order valence-corrected chi connectivity index (χ1v) is 9.21. The Kier molecular flexibility index (Phi) is 7.03. The minimum atomic E-state index is -2.83. The zero-order valence-electron chi connectivity index (χ0n) is 16.5. The zero-order chi connectivity index (χ0) is 20.2. The first kappa shape index (κ1) is 21.4. The third-order valence-electron chi connectivity index (χ3n) is 4.36. The monoisotopic (exact) mass is 385 g/mol. The van der Waals surface area contributed by atoms with Crippen molar-refractivity contribution in [1.29, 1.82) is 0 Å². The van der Waals surface area contributed by atoms with Crippen LogP contribution in [-0.2, 0) is 14.2 Å². The molecule has 1 fully saturated rings. The fourth-order valence-corrected chi connectivity index (χ4v) is 3.26. The summed E-state index contributed by atoms with van der Waals surface area (Å²) >= 11 is 0. The molecule has 0 aromatic rings. The van der Waals surface area contributed by atoms with E-state index < -0.39 is 18.3 Å². The van der Waals surface area contributed by atoms with Crippen molar-refractivity contribution < 1.29 is 27.8 Å². The van der Waals surface area contributed by atoms with Gasteiger partial charge in [-0.05, 0) is 40.5 Å². The van der Waals surface area contributed by atoms with Gasteiger partial charge in [0, 0.05) is 30.2 Å². The second kappa shape index (κ2) is 8.87. The van der Waals surface area contributed by atoms with E-state index in [-0.39, 0.29) is 24.5 Å². The summed E-state index contributed by atoms with van der Waals surface area (Å²) in [7, 11) is 0. The number of nitrogens with zero attached hydrogens (tertiary/aromatic N) is 1. The molecular formula is C20H29F2NO4. The number of hydrogen-bond acceptors (Lipinski definition) is 4. The van der Waals surface area contributed by atoms with Gasteiger partial charge in [-0.3, -0.25) is 4.90 Å². The van der Waals surface area contributed by atoms with Crippen molar-refractivity contribution in [3.8, 4) is 0 Å². The molecule has 5 nitrogen and oxygen atoms in total. The van der Waals surface area contributed by atoms with E-state index in [1.165, 1.54) is 0 Å². The molecule has 7 heteroatoms. The lowest BCUT2D eigenvalue weighted by atomic mass is 9.98. The summed E-state index contributed by atoms with van der Waals surface area (Å²) in [6.07, 6.45) is 5.34. The van der Waals surface area contributed by atoms with Gasteiger partial charge in [0.25, 0.3) is 0 Å². The maximum absolute atomic E-state index is 12.5. The molecule has 2 atom stereocenters. The highest BCUT2D eigenvalue weighted by molar-refractivity contribution is 5.71. The van der Waals surface area contributed by atoms with Gasteiger partial charge in [-0.2, -0.15) is 8.78 Å². The van der Waals surface area contributed by atoms with Crippen LogP contribution >= 0.6 is 0 Å². The van der Waals surface area contributed by atoms with Crippen molar-refractivity contribution in [3.05, 3.63) is 35.8 Å². The number of carbonyl (C=O) groups excluding carboxylic acids is 1. The molecule has 0 radical (unpaired) electrons. The number of amides is 1. The van der Waals surface area contributed by atoms with E-state index in [1.807, 2.05) is 33.8 Å². The fraction of sp³-hybridized carbons (Fsp3) is 0.650. The molecule has 1 saturated heterocycles. The standard InChI is InChI=1S/C20H29F2NO4/c1-13-10-16(11-14(2)23(13)19(24)27-20(3,4)5)25-12-15-8-6-7-9-17(15)26-18(21)22/h6,8,14,16,18H,1,7,9-12H2,2-5H3. The van der Waals surface area contributed by atoms with Crippen LogP contribution in [-0.4, -0.2) is 42.0 Å². The molecule has 1 amide bonds. The Balaban J connectivity index is 1.95. The van der Waals surface area contributed by atoms with Crippen LogP contribution in [0.1, 0.15) is 53.4 Å². The minimum absolute atomic E-state index is 0.126. The van der Waals surface area contributed by atoms with Gasteiger partial charge < -0.3 is 14.2 Å². The lowest BCUT2D eigenvalue weighted by Crippen LogP contribution is -2.47. The molecule has 0 aromatic heterocycles. The van der Waals surface area contributed by atoms with Gasteiger partial charge in [-0.1, -0.05) is 18.7 Å². The molecule has 1 aliphatic carbocycles. The van der Waals surface area contributed by atoms with Crippen LogP contribution in [0.2, 0.25) is 0 Å². The quantitative estimate of drug-likeness (QED) is 0.657. The highest BCUT2D eigenvalue weighted by Gasteiger charge is 2.35. The number of allylic oxidation sites excluding steroid dienone is 2. The maximum atomic E-state index is 12.5. The summed E-state index contributed by atoms with van der Waals surface area (Å²) in [6, 6.07) is -0.126. The maximum Gasteiger partial charge on any atom is 0.414 e. The van der Waals surface area contributed by atoms with Gasteiger partial charge >= 0.3 is 12.7 Å². The first-order chi connectivity index (χ1) is 12.6. The number of rotatable bonds is 5. The van der Waals surface area contributed by atoms with E-state index in [4.69, 9.17) is 9.47 Å². The van der Waals surface area contributed by atoms with E-state index in [2.05, 4.69) is 11.3 Å². The highest BCUT2D eigenvalue weighted by Crippen LogP contribution is 2.30. The largest absolute Gasteiger partial charge is 0.443 e. The SMILES string of the molecule is C=C1CC(OCC2=C(OC(F)F)CCC=C2)CC(C)N1C(=O)OC(C)(C)C. The number of piperidine rings is 1. The number of likely N-dealkylation sites (tertiary alicyclic amines) is 1. The average Bonchev–Trinajstić information content (AvgIpc) is 2.51. The van der Waals surface area contributed by atoms with Crippen molar-refractivity contribution in [2.75, 3.05) is 6.61 Å². The molecule has 0 saturated carbocycles. The molecule has 27 heavy (non-hydrogen) atoms. The van der Waals surface area contributed by atoms with Gasteiger partial charge in [0.05, 0.1) is 12.7 Å². The Bertz CT molecular complexity index is 622. The van der Waals surface area contributed by atoms with Gasteiger partial charge in [0.1, 0.15) is 11.4 Å².